The summed E-state index contributed by atoms with van der Waals surface area (Å²) in [6.45, 7) is 0. The average molecular weight is 452 g/mol. The smallest absolute Gasteiger partial charge is 0.315 e. The minimum atomic E-state index is -0.280. The number of halogens is 1. The van der Waals surface area contributed by atoms with Crippen LogP contribution < -0.4 is 5.73 Å². The van der Waals surface area contributed by atoms with E-state index in [9.17, 15) is 4.79 Å². The molecule has 0 amide bonds. The average Bonchev–Trinajstić information content (AvgIpc) is 2.66. The maximum absolute atomic E-state index is 11.3. The van der Waals surface area contributed by atoms with Gasteiger partial charge in [0.05, 0.1) is 19.1 Å². The van der Waals surface area contributed by atoms with Crippen molar-refractivity contribution in [3.63, 3.8) is 0 Å². The van der Waals surface area contributed by atoms with Gasteiger partial charge in [0.15, 0.2) is 5.17 Å². The third-order valence-electron chi connectivity index (χ3n) is 3.13. The first-order valence-electron chi connectivity index (χ1n) is 7.61. The fraction of sp³-hybridized carbons (Fsp3) is 0.167. The molecule has 136 valence electrons. The zero-order valence-corrected chi connectivity index (χ0v) is 17.3. The Morgan fingerprint density at radius 3 is 2.77 bits per heavy atom. The van der Waals surface area contributed by atoms with Crippen molar-refractivity contribution in [3.05, 3.63) is 64.1 Å². The molecule has 0 aliphatic carbocycles. The van der Waals surface area contributed by atoms with Gasteiger partial charge in [0.1, 0.15) is 0 Å². The van der Waals surface area contributed by atoms with Gasteiger partial charge in [-0.2, -0.15) is 5.10 Å². The van der Waals surface area contributed by atoms with Crippen LogP contribution in [0.3, 0.4) is 0 Å². The Bertz CT molecular complexity index is 798. The van der Waals surface area contributed by atoms with Gasteiger partial charge in [-0.3, -0.25) is 4.79 Å². The second-order valence-corrected chi connectivity index (χ2v) is 7.93. The maximum atomic E-state index is 11.3. The number of esters is 1. The van der Waals surface area contributed by atoms with Crippen LogP contribution in [0.25, 0.3) is 0 Å². The Morgan fingerprint density at radius 1 is 1.27 bits per heavy atom. The standard InChI is InChI=1S/C18H18BrN3O2S2/c1-24-17(23)12-25-16-9-15(19)8-7-14(16)10-21-22-18(20)26-11-13-5-3-2-4-6-13/h2-10H,11-12H2,1H3,(H2,20,22). The largest absolute Gasteiger partial charge is 0.468 e. The van der Waals surface area contributed by atoms with Gasteiger partial charge in [0, 0.05) is 20.7 Å². The van der Waals surface area contributed by atoms with Crippen molar-refractivity contribution in [2.45, 2.75) is 10.6 Å². The van der Waals surface area contributed by atoms with Gasteiger partial charge in [-0.1, -0.05) is 64.1 Å². The lowest BCUT2D eigenvalue weighted by Crippen LogP contribution is -2.06. The van der Waals surface area contributed by atoms with Gasteiger partial charge in [-0.05, 0) is 17.7 Å². The molecule has 5 nitrogen and oxygen atoms in total. The minimum absolute atomic E-state index is 0.228. The first-order valence-corrected chi connectivity index (χ1v) is 10.4. The first kappa shape index (κ1) is 20.5. The normalized spacial score (nSPS) is 11.7. The molecule has 0 unspecified atom stereocenters. The molecule has 0 spiro atoms. The van der Waals surface area contributed by atoms with Crippen LogP contribution in [-0.2, 0) is 15.3 Å². The summed E-state index contributed by atoms with van der Waals surface area (Å²) in [7, 11) is 1.37. The van der Waals surface area contributed by atoms with E-state index < -0.39 is 0 Å². The van der Waals surface area contributed by atoms with E-state index in [1.807, 2.05) is 48.5 Å². The van der Waals surface area contributed by atoms with Crippen LogP contribution in [0.5, 0.6) is 0 Å². The molecule has 8 heteroatoms. The summed E-state index contributed by atoms with van der Waals surface area (Å²) in [5.74, 6) is 0.688. The minimum Gasteiger partial charge on any atom is -0.468 e. The van der Waals surface area contributed by atoms with Crippen molar-refractivity contribution in [2.75, 3.05) is 12.9 Å². The van der Waals surface area contributed by atoms with E-state index in [2.05, 4.69) is 30.9 Å². The molecule has 0 fully saturated rings. The summed E-state index contributed by atoms with van der Waals surface area (Å²) in [5, 5.41) is 8.48. The van der Waals surface area contributed by atoms with E-state index in [1.165, 1.54) is 36.2 Å². The molecular formula is C18H18BrN3O2S2. The van der Waals surface area contributed by atoms with Crippen LogP contribution in [0, 0.1) is 0 Å². The van der Waals surface area contributed by atoms with Gasteiger partial charge in [0.25, 0.3) is 0 Å². The van der Waals surface area contributed by atoms with Crippen LogP contribution in [-0.4, -0.2) is 30.2 Å². The summed E-state index contributed by atoms with van der Waals surface area (Å²) in [6, 6.07) is 15.8. The number of hydrogen-bond donors (Lipinski definition) is 1. The van der Waals surface area contributed by atoms with Crippen molar-refractivity contribution in [3.8, 4) is 0 Å². The van der Waals surface area contributed by atoms with Gasteiger partial charge < -0.3 is 10.5 Å². The maximum Gasteiger partial charge on any atom is 0.315 e. The SMILES string of the molecule is COC(=O)CSc1cc(Br)ccc1C=NN=C(N)SCc1ccccc1. The summed E-state index contributed by atoms with van der Waals surface area (Å²) < 4.78 is 5.59. The second kappa shape index (κ2) is 11.1. The predicted octanol–water partition coefficient (Wildman–Crippen LogP) is 4.30. The van der Waals surface area contributed by atoms with Crippen molar-refractivity contribution in [2.24, 2.45) is 15.9 Å². The van der Waals surface area contributed by atoms with Gasteiger partial charge in [0.2, 0.25) is 0 Å². The molecule has 2 N–H and O–H groups in total. The Labute approximate surface area is 169 Å². The molecule has 2 aromatic carbocycles. The highest BCUT2D eigenvalue weighted by molar-refractivity contribution is 9.10. The van der Waals surface area contributed by atoms with Gasteiger partial charge >= 0.3 is 5.97 Å². The Morgan fingerprint density at radius 2 is 2.04 bits per heavy atom. The third kappa shape index (κ3) is 7.23. The van der Waals surface area contributed by atoms with Crippen LogP contribution in [0.2, 0.25) is 0 Å². The summed E-state index contributed by atoms with van der Waals surface area (Å²) in [4.78, 5) is 12.2. The Hall–Kier alpha value is -1.77. The predicted molar refractivity (Wildman–Crippen MR) is 114 cm³/mol. The molecular weight excluding hydrogens is 434 g/mol. The molecule has 0 atom stereocenters. The highest BCUT2D eigenvalue weighted by Gasteiger charge is 2.06. The van der Waals surface area contributed by atoms with Crippen molar-refractivity contribution >= 4 is 56.8 Å². The molecule has 0 saturated heterocycles. The van der Waals surface area contributed by atoms with E-state index in [-0.39, 0.29) is 11.7 Å². The lowest BCUT2D eigenvalue weighted by Gasteiger charge is -2.05. The highest BCUT2D eigenvalue weighted by atomic mass is 79.9. The molecule has 0 heterocycles. The number of carbonyl (C=O) groups excluding carboxylic acids is 1. The van der Waals surface area contributed by atoms with E-state index in [4.69, 9.17) is 5.73 Å². The zero-order chi connectivity index (χ0) is 18.8. The van der Waals surface area contributed by atoms with Crippen LogP contribution >= 0.6 is 39.5 Å². The number of benzene rings is 2. The fourth-order valence-corrected chi connectivity index (χ4v) is 3.86. The Kier molecular flexibility index (Phi) is 8.73. The molecule has 0 aliphatic rings. The topological polar surface area (TPSA) is 77.0 Å². The van der Waals surface area contributed by atoms with Crippen molar-refractivity contribution in [1.82, 2.24) is 0 Å². The van der Waals surface area contributed by atoms with Crippen LogP contribution in [0.1, 0.15) is 11.1 Å². The Balaban J connectivity index is 1.98. The number of carbonyl (C=O) groups is 1. The van der Waals surface area contributed by atoms with Crippen molar-refractivity contribution in [1.29, 1.82) is 0 Å². The molecule has 0 radical (unpaired) electrons. The summed E-state index contributed by atoms with van der Waals surface area (Å²) >= 11 is 6.24. The molecule has 0 aromatic heterocycles. The van der Waals surface area contributed by atoms with E-state index in [0.29, 0.717) is 5.17 Å². The van der Waals surface area contributed by atoms with Crippen LogP contribution in [0.4, 0.5) is 0 Å². The lowest BCUT2D eigenvalue weighted by atomic mass is 10.2. The number of amidine groups is 1. The molecule has 0 aliphatic heterocycles. The van der Waals surface area contributed by atoms with E-state index >= 15 is 0 Å². The highest BCUT2D eigenvalue weighted by Crippen LogP contribution is 2.25. The number of methoxy groups -OCH3 is 1. The number of nitrogens with zero attached hydrogens (tertiary/aromatic N) is 2. The third-order valence-corrected chi connectivity index (χ3v) is 5.52. The summed E-state index contributed by atoms with van der Waals surface area (Å²) in [5.41, 5.74) is 7.92. The van der Waals surface area contributed by atoms with E-state index in [0.717, 1.165) is 20.7 Å². The molecule has 0 bridgehead atoms. The zero-order valence-electron chi connectivity index (χ0n) is 14.1. The molecule has 0 saturated carbocycles. The number of rotatable bonds is 7. The quantitative estimate of drug-likeness (QED) is 0.223. The van der Waals surface area contributed by atoms with E-state index in [1.54, 1.807) is 6.21 Å². The van der Waals surface area contributed by atoms with Crippen molar-refractivity contribution < 1.29 is 9.53 Å². The fourth-order valence-electron chi connectivity index (χ4n) is 1.84. The lowest BCUT2D eigenvalue weighted by molar-refractivity contribution is -0.137. The molecule has 2 rings (SSSR count). The molecule has 26 heavy (non-hydrogen) atoms. The number of thioether (sulfide) groups is 2. The summed E-state index contributed by atoms with van der Waals surface area (Å²) in [6.07, 6.45) is 1.63. The van der Waals surface area contributed by atoms with Gasteiger partial charge in [-0.15, -0.1) is 16.9 Å². The number of ether oxygens (including phenoxy) is 1. The van der Waals surface area contributed by atoms with Crippen LogP contribution in [0.15, 0.2) is 68.1 Å². The first-order chi connectivity index (χ1) is 12.6. The monoisotopic (exact) mass is 451 g/mol. The number of nitrogens with two attached hydrogens (primary N) is 1. The van der Waals surface area contributed by atoms with Gasteiger partial charge in [-0.25, -0.2) is 0 Å². The molecule has 2 aromatic rings. The second-order valence-electron chi connectivity index (χ2n) is 5.00. The number of hydrogen-bond acceptors (Lipinski definition) is 6.